The van der Waals surface area contributed by atoms with Gasteiger partial charge in [-0.2, -0.15) is 0 Å². The number of hydrogen-bond donors (Lipinski definition) is 1. The van der Waals surface area contributed by atoms with Gasteiger partial charge in [0.1, 0.15) is 0 Å². The number of hydrogen-bond acceptors (Lipinski definition) is 1. The van der Waals surface area contributed by atoms with Gasteiger partial charge in [0.2, 0.25) is 0 Å². The number of nitrogens with two attached hydrogens (primary N) is 1. The van der Waals surface area contributed by atoms with E-state index < -0.39 is 20.1 Å². The zero-order chi connectivity index (χ0) is 7.61. The second-order valence-electron chi connectivity index (χ2n) is 3.89. The van der Waals surface area contributed by atoms with Crippen LogP contribution in [0.2, 0.25) is 0 Å². The molecule has 0 aromatic rings. The Morgan fingerprint density at radius 2 is 1.90 bits per heavy atom. The number of rotatable bonds is 0. The van der Waals surface area contributed by atoms with Crippen LogP contribution in [0.25, 0.3) is 0 Å². The molecule has 1 fully saturated rings. The van der Waals surface area contributed by atoms with Gasteiger partial charge in [0.15, 0.2) is 0 Å². The van der Waals surface area contributed by atoms with Crippen molar-refractivity contribution in [1.82, 2.24) is 0 Å². The van der Waals surface area contributed by atoms with Crippen LogP contribution in [0.4, 0.5) is 0 Å². The van der Waals surface area contributed by atoms with Crippen LogP contribution in [0.1, 0.15) is 33.1 Å². The van der Waals surface area contributed by atoms with E-state index in [2.05, 4.69) is 13.8 Å². The Hall–Kier alpha value is 0.690. The van der Waals surface area contributed by atoms with Gasteiger partial charge >= 0.3 is 71.4 Å². The molecule has 1 aliphatic rings. The van der Waals surface area contributed by atoms with Crippen molar-refractivity contribution < 1.29 is 0 Å². The molecule has 0 unspecified atom stereocenters. The average molecular weight is 255 g/mol. The quantitative estimate of drug-likeness (QED) is 0.402. The fraction of sp³-hybridized carbons (Fsp3) is 1.00. The predicted octanol–water partition coefficient (Wildman–Crippen LogP) is 2.58. The van der Waals surface area contributed by atoms with Crippen molar-refractivity contribution in [2.45, 2.75) is 33.1 Å². The average Bonchev–Trinajstić information content (AvgIpc) is 1.94. The summed E-state index contributed by atoms with van der Waals surface area (Å²) < 4.78 is 8.79. The third-order valence-electron chi connectivity index (χ3n) is 2.24. The Kier molecular flexibility index (Phi) is 2.98. The molecular formula is C8H18IN. The van der Waals surface area contributed by atoms with Crippen LogP contribution in [0.3, 0.4) is 0 Å². The third-order valence-corrected chi connectivity index (χ3v) is 6.32. The van der Waals surface area contributed by atoms with Crippen molar-refractivity contribution in [3.8, 4) is 0 Å². The Morgan fingerprint density at radius 3 is 2.60 bits per heavy atom. The summed E-state index contributed by atoms with van der Waals surface area (Å²) in [5, 5.41) is 0. The molecule has 1 nitrogen and oxygen atoms in total. The summed E-state index contributed by atoms with van der Waals surface area (Å²) in [4.78, 5) is 0. The van der Waals surface area contributed by atoms with Gasteiger partial charge in [0, 0.05) is 0 Å². The first-order chi connectivity index (χ1) is 4.60. The fourth-order valence-electron chi connectivity index (χ4n) is 1.31. The van der Waals surface area contributed by atoms with Crippen molar-refractivity contribution in [3.63, 3.8) is 0 Å². The topological polar surface area (TPSA) is 26.0 Å². The molecule has 0 aromatic carbocycles. The standard InChI is InChI=1S/C8H18IN/c1-8(2)4-3-6-9(10)7-5-8/h3-7,10H2,1-2H3. The summed E-state index contributed by atoms with van der Waals surface area (Å²) >= 11 is -0.877. The van der Waals surface area contributed by atoms with Gasteiger partial charge in [0.25, 0.3) is 0 Å². The van der Waals surface area contributed by atoms with E-state index in [1.807, 2.05) is 0 Å². The zero-order valence-electron chi connectivity index (χ0n) is 6.99. The first kappa shape index (κ1) is 8.78. The Bertz CT molecular complexity index is 112. The first-order valence-corrected chi connectivity index (χ1v) is 8.26. The Labute approximate surface area is 71.5 Å². The molecule has 0 atom stereocenters. The van der Waals surface area contributed by atoms with Gasteiger partial charge in [-0.1, -0.05) is 0 Å². The molecule has 0 radical (unpaired) electrons. The molecule has 0 aromatic heterocycles. The maximum atomic E-state index is 6.01. The molecule has 0 aliphatic carbocycles. The fourth-order valence-corrected chi connectivity index (χ4v) is 5.37. The van der Waals surface area contributed by atoms with Crippen LogP contribution >= 0.6 is 20.1 Å². The molecule has 2 heteroatoms. The van der Waals surface area contributed by atoms with Crippen molar-refractivity contribution in [2.75, 3.05) is 8.86 Å². The molecule has 0 amide bonds. The van der Waals surface area contributed by atoms with Crippen LogP contribution in [-0.2, 0) is 0 Å². The van der Waals surface area contributed by atoms with Gasteiger partial charge in [-0.05, 0) is 0 Å². The van der Waals surface area contributed by atoms with Crippen LogP contribution in [0.15, 0.2) is 0 Å². The molecule has 1 aliphatic heterocycles. The predicted molar refractivity (Wildman–Crippen MR) is 55.6 cm³/mol. The molecule has 1 saturated heterocycles. The van der Waals surface area contributed by atoms with E-state index in [1.54, 1.807) is 0 Å². The van der Waals surface area contributed by atoms with Gasteiger partial charge in [-0.15, -0.1) is 0 Å². The minimum atomic E-state index is -0.877. The van der Waals surface area contributed by atoms with Crippen molar-refractivity contribution in [1.29, 1.82) is 0 Å². The van der Waals surface area contributed by atoms with Crippen LogP contribution in [0.5, 0.6) is 0 Å². The summed E-state index contributed by atoms with van der Waals surface area (Å²) in [5.41, 5.74) is 0.603. The van der Waals surface area contributed by atoms with E-state index in [1.165, 1.54) is 28.1 Å². The number of alkyl halides is 2. The second kappa shape index (κ2) is 3.39. The summed E-state index contributed by atoms with van der Waals surface area (Å²) in [7, 11) is 0. The normalized spacial score (nSPS) is 29.7. The maximum absolute atomic E-state index is 6.01. The first-order valence-electron chi connectivity index (χ1n) is 3.96. The zero-order valence-corrected chi connectivity index (χ0v) is 9.15. The molecule has 62 valence electrons. The minimum absolute atomic E-state index is 0.603. The van der Waals surface area contributed by atoms with E-state index in [0.717, 1.165) is 0 Å². The van der Waals surface area contributed by atoms with E-state index in [9.17, 15) is 0 Å². The molecule has 0 spiro atoms. The van der Waals surface area contributed by atoms with Gasteiger partial charge < -0.3 is 0 Å². The summed E-state index contributed by atoms with van der Waals surface area (Å²) in [6, 6.07) is 0. The van der Waals surface area contributed by atoms with Crippen LogP contribution < -0.4 is 3.95 Å². The molecule has 0 saturated carbocycles. The summed E-state index contributed by atoms with van der Waals surface area (Å²) in [5.74, 6) is 0. The SMILES string of the molecule is CC1(C)CCCI(N)CC1. The molecule has 1 heterocycles. The van der Waals surface area contributed by atoms with Crippen molar-refractivity contribution in [3.05, 3.63) is 0 Å². The van der Waals surface area contributed by atoms with E-state index in [4.69, 9.17) is 3.95 Å². The van der Waals surface area contributed by atoms with Crippen LogP contribution in [0, 0.1) is 5.41 Å². The second-order valence-corrected chi connectivity index (χ2v) is 8.89. The van der Waals surface area contributed by atoms with Crippen molar-refractivity contribution >= 4 is 20.1 Å². The summed E-state index contributed by atoms with van der Waals surface area (Å²) in [6.07, 6.45) is 4.18. The Morgan fingerprint density at radius 1 is 1.20 bits per heavy atom. The number of halogens is 1. The van der Waals surface area contributed by atoms with Gasteiger partial charge in [-0.25, -0.2) is 0 Å². The molecule has 2 N–H and O–H groups in total. The monoisotopic (exact) mass is 255 g/mol. The third kappa shape index (κ3) is 2.74. The van der Waals surface area contributed by atoms with E-state index >= 15 is 0 Å². The van der Waals surface area contributed by atoms with E-state index in [-0.39, 0.29) is 0 Å². The Balaban J connectivity index is 2.41. The molecule has 0 bridgehead atoms. The molecule has 1 rings (SSSR count). The van der Waals surface area contributed by atoms with Crippen molar-refractivity contribution in [2.24, 2.45) is 9.36 Å². The molecular weight excluding hydrogens is 237 g/mol. The molecule has 10 heavy (non-hydrogen) atoms. The van der Waals surface area contributed by atoms with Crippen LogP contribution in [-0.4, -0.2) is 8.86 Å². The van der Waals surface area contributed by atoms with Gasteiger partial charge in [0.05, 0.1) is 0 Å². The van der Waals surface area contributed by atoms with Gasteiger partial charge in [-0.3, -0.25) is 0 Å². The summed E-state index contributed by atoms with van der Waals surface area (Å²) in [6.45, 7) is 4.75. The van der Waals surface area contributed by atoms with E-state index in [0.29, 0.717) is 5.41 Å².